The molecular weight excluding hydrogens is 401 g/mol. The van der Waals surface area contributed by atoms with E-state index in [1.54, 1.807) is 6.20 Å². The summed E-state index contributed by atoms with van der Waals surface area (Å²) in [6.45, 7) is 2.66. The third-order valence-corrected chi connectivity index (χ3v) is 6.11. The normalized spacial score (nSPS) is 12.3. The van der Waals surface area contributed by atoms with Crippen LogP contribution in [0.1, 0.15) is 22.0 Å². The Bertz CT molecular complexity index is 575. The van der Waals surface area contributed by atoms with Crippen LogP contribution in [0.2, 0.25) is 5.02 Å². The molecule has 0 unspecified atom stereocenters. The number of hydrogen-bond acceptors (Lipinski definition) is 3. The van der Waals surface area contributed by atoms with E-state index < -0.39 is 21.2 Å². The molecule has 0 aliphatic heterocycles. The molecule has 0 N–H and O–H groups in total. The first-order valence-corrected chi connectivity index (χ1v) is 9.30. The van der Waals surface area contributed by atoms with Gasteiger partial charge in [-0.25, -0.2) is 0 Å². The fourth-order valence-corrected chi connectivity index (χ4v) is 4.54. The third kappa shape index (κ3) is 5.05. The molecule has 0 saturated carbocycles. The molecule has 0 spiro atoms. The predicted molar refractivity (Wildman–Crippen MR) is 79.0 cm³/mol. The number of benzene rings is 1. The maximum absolute atomic E-state index is 12.1. The fourth-order valence-electron chi connectivity index (χ4n) is 1.81. The summed E-state index contributed by atoms with van der Waals surface area (Å²) in [6.07, 6.45) is 3.57. The topological polar surface area (TPSA) is 39.2 Å². The Hall–Kier alpha value is -0.980. The van der Waals surface area contributed by atoms with Crippen LogP contribution in [0.3, 0.4) is 0 Å². The summed E-state index contributed by atoms with van der Waals surface area (Å²) in [5, 5.41) is 0.697. The second-order valence-corrected chi connectivity index (χ2v) is 7.81. The van der Waals surface area contributed by atoms with Gasteiger partial charge in [0.1, 0.15) is 0 Å². The number of hydrogen-bond donors (Lipinski definition) is 0. The first kappa shape index (κ1) is 16.4. The molecule has 2 rings (SSSR count). The van der Waals surface area contributed by atoms with Crippen molar-refractivity contribution in [3.63, 3.8) is 0 Å². The summed E-state index contributed by atoms with van der Waals surface area (Å²) < 4.78 is 5.51. The van der Waals surface area contributed by atoms with E-state index in [9.17, 15) is 4.79 Å². The van der Waals surface area contributed by atoms with Crippen LogP contribution in [0.25, 0.3) is 0 Å². The SMILES string of the molecule is CCOCC(=O)[I-][C@@H](c1ccc(Cl)cc1)c1cccnc1. The van der Waals surface area contributed by atoms with E-state index in [0.29, 0.717) is 11.6 Å². The molecule has 2 aromatic rings. The first-order chi connectivity index (χ1) is 10.2. The molecule has 0 bridgehead atoms. The average Bonchev–Trinajstić information content (AvgIpc) is 2.52. The van der Waals surface area contributed by atoms with Gasteiger partial charge in [0.25, 0.3) is 0 Å². The van der Waals surface area contributed by atoms with Crippen LogP contribution >= 0.6 is 11.6 Å². The van der Waals surface area contributed by atoms with Gasteiger partial charge in [0.15, 0.2) is 0 Å². The number of ether oxygens (including phenoxy) is 1. The zero-order chi connectivity index (χ0) is 15.1. The molecule has 0 aliphatic rings. The summed E-state index contributed by atoms with van der Waals surface area (Å²) in [5.41, 5.74) is 2.17. The summed E-state index contributed by atoms with van der Waals surface area (Å²) in [4.78, 5) is 16.3. The summed E-state index contributed by atoms with van der Waals surface area (Å²) in [7, 11) is 0. The van der Waals surface area contributed by atoms with Gasteiger partial charge in [-0.2, -0.15) is 0 Å². The summed E-state index contributed by atoms with van der Waals surface area (Å²) >= 11 is 5.22. The van der Waals surface area contributed by atoms with Crippen LogP contribution in [0.15, 0.2) is 48.8 Å². The van der Waals surface area contributed by atoms with Crippen molar-refractivity contribution in [1.29, 1.82) is 0 Å². The van der Waals surface area contributed by atoms with E-state index in [0.717, 1.165) is 11.1 Å². The zero-order valence-electron chi connectivity index (χ0n) is 11.6. The minimum atomic E-state index is -0.731. The predicted octanol–water partition coefficient (Wildman–Crippen LogP) is 0.477. The van der Waals surface area contributed by atoms with E-state index in [4.69, 9.17) is 16.3 Å². The van der Waals surface area contributed by atoms with Crippen LogP contribution in [0.5, 0.6) is 0 Å². The van der Waals surface area contributed by atoms with Gasteiger partial charge in [-0.05, 0) is 0 Å². The van der Waals surface area contributed by atoms with Crippen molar-refractivity contribution in [1.82, 2.24) is 4.98 Å². The number of halogens is 2. The van der Waals surface area contributed by atoms with Crippen LogP contribution in [0, 0.1) is 0 Å². The van der Waals surface area contributed by atoms with Crippen molar-refractivity contribution in [2.75, 3.05) is 13.2 Å². The molecule has 0 amide bonds. The van der Waals surface area contributed by atoms with Crippen molar-refractivity contribution in [3.05, 3.63) is 64.9 Å². The number of aromatic nitrogens is 1. The molecule has 0 fully saturated rings. The Kier molecular flexibility index (Phi) is 6.60. The van der Waals surface area contributed by atoms with E-state index in [1.165, 1.54) is 0 Å². The fraction of sp³-hybridized carbons (Fsp3) is 0.250. The molecule has 1 atom stereocenters. The molecule has 1 heterocycles. The van der Waals surface area contributed by atoms with Gasteiger partial charge < -0.3 is 0 Å². The van der Waals surface area contributed by atoms with Crippen molar-refractivity contribution >= 4 is 15.4 Å². The second kappa shape index (κ2) is 8.46. The van der Waals surface area contributed by atoms with Crippen molar-refractivity contribution in [2.24, 2.45) is 0 Å². The average molecular weight is 417 g/mol. The monoisotopic (exact) mass is 416 g/mol. The van der Waals surface area contributed by atoms with Gasteiger partial charge in [-0.15, -0.1) is 0 Å². The number of alkyl halides is 1. The summed E-state index contributed by atoms with van der Waals surface area (Å²) in [6, 6.07) is 11.6. The zero-order valence-corrected chi connectivity index (χ0v) is 14.5. The van der Waals surface area contributed by atoms with Crippen molar-refractivity contribution in [2.45, 2.75) is 10.8 Å². The molecule has 0 saturated heterocycles. The van der Waals surface area contributed by atoms with Crippen LogP contribution < -0.4 is 21.2 Å². The Balaban J connectivity index is 2.22. The molecule has 21 heavy (non-hydrogen) atoms. The standard InChI is InChI=1S/C16H16ClINO2/c1-2-21-11-15(20)18-16(13-4-3-9-19-10-13)12-5-7-14(17)8-6-12/h3-10,16H,2,11H2,1H3/q-1/t16-/m0/s1. The minimum absolute atomic E-state index is 0.0859. The van der Waals surface area contributed by atoms with Gasteiger partial charge in [0.2, 0.25) is 0 Å². The van der Waals surface area contributed by atoms with Crippen molar-refractivity contribution in [3.8, 4) is 0 Å². The Labute approximate surface area is 139 Å². The number of carbonyl (C=O) groups excluding carboxylic acids is 1. The van der Waals surface area contributed by atoms with Gasteiger partial charge in [-0.3, -0.25) is 0 Å². The molecule has 3 nitrogen and oxygen atoms in total. The van der Waals surface area contributed by atoms with Crippen molar-refractivity contribution < 1.29 is 30.7 Å². The molecule has 1 aromatic heterocycles. The first-order valence-electron chi connectivity index (χ1n) is 6.60. The Morgan fingerprint density at radius 1 is 1.29 bits per heavy atom. The molecule has 0 radical (unpaired) electrons. The quantitative estimate of drug-likeness (QED) is 0.374. The van der Waals surface area contributed by atoms with Gasteiger partial charge in [-0.1, -0.05) is 0 Å². The Morgan fingerprint density at radius 2 is 2.05 bits per heavy atom. The van der Waals surface area contributed by atoms with Crippen LogP contribution in [-0.4, -0.2) is 22.0 Å². The van der Waals surface area contributed by atoms with Crippen LogP contribution in [-0.2, 0) is 9.53 Å². The second-order valence-electron chi connectivity index (χ2n) is 4.30. The van der Waals surface area contributed by atoms with Gasteiger partial charge >= 0.3 is 140 Å². The molecule has 0 aliphatic carbocycles. The van der Waals surface area contributed by atoms with Crippen LogP contribution in [0.4, 0.5) is 0 Å². The third-order valence-electron chi connectivity index (χ3n) is 2.79. The number of carbonyl (C=O) groups is 1. The Morgan fingerprint density at radius 3 is 2.67 bits per heavy atom. The number of pyridine rings is 1. The summed E-state index contributed by atoms with van der Waals surface area (Å²) in [5.74, 6) is 0. The van der Waals surface area contributed by atoms with Gasteiger partial charge in [0, 0.05) is 0 Å². The van der Waals surface area contributed by atoms with E-state index in [1.807, 2.05) is 49.5 Å². The van der Waals surface area contributed by atoms with E-state index in [2.05, 4.69) is 4.98 Å². The number of rotatable bonds is 7. The molecule has 112 valence electrons. The number of nitrogens with zero attached hydrogens (tertiary/aromatic N) is 1. The van der Waals surface area contributed by atoms with Gasteiger partial charge in [0.05, 0.1) is 0 Å². The van der Waals surface area contributed by atoms with E-state index >= 15 is 0 Å². The molecule has 1 aromatic carbocycles. The molecule has 5 heteroatoms. The maximum atomic E-state index is 12.1. The molecular formula is C16H16ClINO2-. The van der Waals surface area contributed by atoms with E-state index in [-0.39, 0.29) is 14.3 Å².